The lowest BCUT2D eigenvalue weighted by atomic mass is 9.99. The van der Waals surface area contributed by atoms with Crippen LogP contribution in [0.2, 0.25) is 5.02 Å². The third-order valence-electron chi connectivity index (χ3n) is 4.76. The fourth-order valence-corrected chi connectivity index (χ4v) is 3.36. The first-order valence-electron chi connectivity index (χ1n) is 9.13. The number of Topliss-reactive ketones (excluding diaryl/α,β-unsaturated/α-hetero) is 1. The summed E-state index contributed by atoms with van der Waals surface area (Å²) in [5.74, 6) is 0.668. The van der Waals surface area contributed by atoms with Gasteiger partial charge in [-0.2, -0.15) is 0 Å². The molecule has 1 atom stereocenters. The van der Waals surface area contributed by atoms with Crippen molar-refractivity contribution >= 4 is 23.3 Å². The molecule has 1 amide bonds. The lowest BCUT2D eigenvalue weighted by Gasteiger charge is -2.22. The molecule has 3 aromatic rings. The van der Waals surface area contributed by atoms with Gasteiger partial charge in [-0.15, -0.1) is 0 Å². The molecular weight excluding hydrogens is 390 g/mol. The quantitative estimate of drug-likeness (QED) is 0.671. The predicted octanol–water partition coefficient (Wildman–Crippen LogP) is 4.57. The number of ketones is 1. The molecular formula is C23H18ClNO4. The first-order valence-corrected chi connectivity index (χ1v) is 9.51. The van der Waals surface area contributed by atoms with Crippen LogP contribution >= 0.6 is 11.6 Å². The average molecular weight is 408 g/mol. The van der Waals surface area contributed by atoms with Crippen molar-refractivity contribution in [2.45, 2.75) is 12.5 Å². The van der Waals surface area contributed by atoms with Crippen LogP contribution in [0.1, 0.15) is 44.4 Å². The molecule has 146 valence electrons. The SMILES string of the molecule is NC(=O)c1ccc([C@H](Oc2ccc3c(c2)OCCC3=O)c2ccc(Cl)cc2)cc1. The number of carbonyl (C=O) groups excluding carboxylic acids is 2. The van der Waals surface area contributed by atoms with Crippen molar-refractivity contribution < 1.29 is 19.1 Å². The van der Waals surface area contributed by atoms with Gasteiger partial charge in [0.15, 0.2) is 5.78 Å². The minimum Gasteiger partial charge on any atom is -0.492 e. The van der Waals surface area contributed by atoms with E-state index in [0.717, 1.165) is 11.1 Å². The van der Waals surface area contributed by atoms with Crippen LogP contribution in [0, 0.1) is 0 Å². The standard InChI is InChI=1S/C23H18ClNO4/c24-17-7-5-15(6-8-17)22(14-1-3-16(4-2-14)23(25)27)29-18-9-10-19-20(26)11-12-28-21(19)13-18/h1-10,13,22H,11-12H2,(H2,25,27)/t22-/m0/s1. The van der Waals surface area contributed by atoms with Gasteiger partial charge in [0.1, 0.15) is 17.6 Å². The van der Waals surface area contributed by atoms with Gasteiger partial charge in [0.2, 0.25) is 5.91 Å². The van der Waals surface area contributed by atoms with Gasteiger partial charge in [-0.05, 0) is 47.5 Å². The van der Waals surface area contributed by atoms with E-state index in [1.165, 1.54) is 0 Å². The molecule has 1 heterocycles. The van der Waals surface area contributed by atoms with Crippen LogP contribution in [0.15, 0.2) is 66.7 Å². The molecule has 0 unspecified atom stereocenters. The van der Waals surface area contributed by atoms with E-state index in [0.29, 0.717) is 40.7 Å². The summed E-state index contributed by atoms with van der Waals surface area (Å²) in [5.41, 5.74) is 8.05. The lowest BCUT2D eigenvalue weighted by Crippen LogP contribution is -2.16. The number of ether oxygens (including phenoxy) is 2. The molecule has 0 bridgehead atoms. The first-order chi connectivity index (χ1) is 14.0. The Labute approximate surface area is 173 Å². The van der Waals surface area contributed by atoms with Gasteiger partial charge in [0.25, 0.3) is 0 Å². The molecule has 0 aliphatic carbocycles. The van der Waals surface area contributed by atoms with Crippen molar-refractivity contribution in [3.8, 4) is 11.5 Å². The van der Waals surface area contributed by atoms with E-state index in [1.807, 2.05) is 12.1 Å². The van der Waals surface area contributed by atoms with E-state index in [9.17, 15) is 9.59 Å². The van der Waals surface area contributed by atoms with Crippen molar-refractivity contribution in [1.29, 1.82) is 0 Å². The Morgan fingerprint density at radius 1 is 1.00 bits per heavy atom. The van der Waals surface area contributed by atoms with E-state index in [1.54, 1.807) is 54.6 Å². The lowest BCUT2D eigenvalue weighted by molar-refractivity contribution is 0.0932. The number of rotatable bonds is 5. The van der Waals surface area contributed by atoms with E-state index in [4.69, 9.17) is 26.8 Å². The Bertz CT molecular complexity index is 1060. The Morgan fingerprint density at radius 2 is 1.66 bits per heavy atom. The van der Waals surface area contributed by atoms with Crippen LogP contribution in [0.3, 0.4) is 0 Å². The van der Waals surface area contributed by atoms with Gasteiger partial charge in [-0.25, -0.2) is 0 Å². The van der Waals surface area contributed by atoms with Crippen molar-refractivity contribution in [2.24, 2.45) is 5.73 Å². The average Bonchev–Trinajstić information content (AvgIpc) is 2.73. The van der Waals surface area contributed by atoms with Crippen LogP contribution < -0.4 is 15.2 Å². The summed E-state index contributed by atoms with van der Waals surface area (Å²) in [7, 11) is 0. The maximum atomic E-state index is 12.0. The van der Waals surface area contributed by atoms with E-state index in [2.05, 4.69) is 0 Å². The van der Waals surface area contributed by atoms with E-state index in [-0.39, 0.29) is 5.78 Å². The molecule has 0 fully saturated rings. The molecule has 2 N–H and O–H groups in total. The molecule has 0 spiro atoms. The van der Waals surface area contributed by atoms with Crippen LogP contribution in [0.25, 0.3) is 0 Å². The zero-order valence-corrected chi connectivity index (χ0v) is 16.2. The highest BCUT2D eigenvalue weighted by Crippen LogP contribution is 2.34. The van der Waals surface area contributed by atoms with Crippen molar-refractivity contribution in [3.05, 3.63) is 94.0 Å². The van der Waals surface area contributed by atoms with Crippen LogP contribution in [0.5, 0.6) is 11.5 Å². The summed E-state index contributed by atoms with van der Waals surface area (Å²) in [6, 6.07) is 19.5. The third-order valence-corrected chi connectivity index (χ3v) is 5.02. The van der Waals surface area contributed by atoms with Crippen molar-refractivity contribution in [1.82, 2.24) is 0 Å². The van der Waals surface area contributed by atoms with Crippen molar-refractivity contribution in [3.63, 3.8) is 0 Å². The number of carbonyl (C=O) groups is 2. The zero-order valence-electron chi connectivity index (χ0n) is 15.4. The number of primary amides is 1. The molecule has 0 radical (unpaired) electrons. The third kappa shape index (κ3) is 4.10. The smallest absolute Gasteiger partial charge is 0.248 e. The molecule has 29 heavy (non-hydrogen) atoms. The number of benzene rings is 3. The summed E-state index contributed by atoms with van der Waals surface area (Å²) in [6.45, 7) is 0.366. The topological polar surface area (TPSA) is 78.6 Å². The monoisotopic (exact) mass is 407 g/mol. The maximum absolute atomic E-state index is 12.0. The molecule has 4 rings (SSSR count). The molecule has 3 aromatic carbocycles. The van der Waals surface area contributed by atoms with Gasteiger partial charge in [-0.3, -0.25) is 9.59 Å². The fourth-order valence-electron chi connectivity index (χ4n) is 3.24. The Morgan fingerprint density at radius 3 is 2.31 bits per heavy atom. The number of fused-ring (bicyclic) bond motifs is 1. The molecule has 6 heteroatoms. The minimum absolute atomic E-state index is 0.0640. The van der Waals surface area contributed by atoms with Gasteiger partial charge in [0, 0.05) is 23.1 Å². The van der Waals surface area contributed by atoms with Crippen LogP contribution in [-0.4, -0.2) is 18.3 Å². The maximum Gasteiger partial charge on any atom is 0.248 e. The van der Waals surface area contributed by atoms with Crippen LogP contribution in [0.4, 0.5) is 0 Å². The number of nitrogens with two attached hydrogens (primary N) is 1. The second-order valence-corrected chi connectivity index (χ2v) is 7.15. The highest BCUT2D eigenvalue weighted by Gasteiger charge is 2.21. The Balaban J connectivity index is 1.70. The van der Waals surface area contributed by atoms with Crippen molar-refractivity contribution in [2.75, 3.05) is 6.61 Å². The summed E-state index contributed by atoms with van der Waals surface area (Å²) < 4.78 is 11.9. The fraction of sp³-hybridized carbons (Fsp3) is 0.130. The van der Waals surface area contributed by atoms with Crippen LogP contribution in [-0.2, 0) is 0 Å². The van der Waals surface area contributed by atoms with Gasteiger partial charge < -0.3 is 15.2 Å². The normalized spacial score (nSPS) is 13.9. The predicted molar refractivity (Wildman–Crippen MR) is 110 cm³/mol. The van der Waals surface area contributed by atoms with Gasteiger partial charge in [0.05, 0.1) is 12.2 Å². The second kappa shape index (κ2) is 7.97. The molecule has 5 nitrogen and oxygen atoms in total. The highest BCUT2D eigenvalue weighted by molar-refractivity contribution is 6.30. The molecule has 0 aromatic heterocycles. The molecule has 1 aliphatic rings. The van der Waals surface area contributed by atoms with E-state index >= 15 is 0 Å². The number of hydrogen-bond acceptors (Lipinski definition) is 4. The zero-order chi connectivity index (χ0) is 20.4. The largest absolute Gasteiger partial charge is 0.492 e. The summed E-state index contributed by atoms with van der Waals surface area (Å²) in [6.07, 6.45) is -0.0705. The van der Waals surface area contributed by atoms with Gasteiger partial charge in [-0.1, -0.05) is 35.9 Å². The number of amides is 1. The molecule has 0 saturated carbocycles. The summed E-state index contributed by atoms with van der Waals surface area (Å²) in [4.78, 5) is 23.4. The Hall–Kier alpha value is -3.31. The molecule has 0 saturated heterocycles. The van der Waals surface area contributed by atoms with Gasteiger partial charge >= 0.3 is 0 Å². The minimum atomic E-state index is -0.489. The number of halogens is 1. The summed E-state index contributed by atoms with van der Waals surface area (Å²) >= 11 is 6.03. The number of hydrogen-bond donors (Lipinski definition) is 1. The summed E-state index contributed by atoms with van der Waals surface area (Å²) in [5, 5.41) is 0.622. The first kappa shape index (κ1) is 19.0. The molecule has 1 aliphatic heterocycles. The highest BCUT2D eigenvalue weighted by atomic mass is 35.5. The Kier molecular flexibility index (Phi) is 5.23. The second-order valence-electron chi connectivity index (χ2n) is 6.72. The van der Waals surface area contributed by atoms with E-state index < -0.39 is 12.0 Å².